The second-order valence-corrected chi connectivity index (χ2v) is 5.22. The molecule has 0 amide bonds. The van der Waals surface area contributed by atoms with Gasteiger partial charge in [0.05, 0.1) is 0 Å². The van der Waals surface area contributed by atoms with Crippen molar-refractivity contribution in [3.63, 3.8) is 0 Å². The Hall–Kier alpha value is -0.0400. The predicted octanol–water partition coefficient (Wildman–Crippen LogP) is 2.18. The molecule has 0 aromatic heterocycles. The van der Waals surface area contributed by atoms with Crippen molar-refractivity contribution in [2.45, 2.75) is 38.5 Å². The molecule has 2 bridgehead atoms. The fraction of sp³-hybridized carbons (Fsp3) is 1.00. The van der Waals surface area contributed by atoms with Crippen LogP contribution in [0.3, 0.4) is 0 Å². The van der Waals surface area contributed by atoms with Gasteiger partial charge in [-0.1, -0.05) is 12.8 Å². The highest BCUT2D eigenvalue weighted by molar-refractivity contribution is 5.02. The van der Waals surface area contributed by atoms with Gasteiger partial charge in [0.15, 0.2) is 0 Å². The Morgan fingerprint density at radius 1 is 1.25 bits per heavy atom. The normalized spacial score (nSPS) is 52.0. The Morgan fingerprint density at radius 2 is 2.25 bits per heavy atom. The lowest BCUT2D eigenvalue weighted by Gasteiger charge is -2.30. The van der Waals surface area contributed by atoms with Gasteiger partial charge in [-0.2, -0.15) is 0 Å². The van der Waals surface area contributed by atoms with Gasteiger partial charge in [0.25, 0.3) is 0 Å². The van der Waals surface area contributed by atoms with Crippen LogP contribution in [0.1, 0.15) is 38.5 Å². The summed E-state index contributed by atoms with van der Waals surface area (Å²) in [7, 11) is 0. The maximum Gasteiger partial charge on any atom is 0.00110 e. The second kappa shape index (κ2) is 2.47. The molecule has 3 rings (SSSR count). The van der Waals surface area contributed by atoms with E-state index in [2.05, 4.69) is 5.32 Å². The standard InChI is InChI=1S/C11H19N/c1-2-9-6-10(3-1)11(7-9)4-5-12-8-11/h9-10,12H,1-8H2. The van der Waals surface area contributed by atoms with Crippen LogP contribution in [-0.2, 0) is 0 Å². The predicted molar refractivity (Wildman–Crippen MR) is 50.0 cm³/mol. The van der Waals surface area contributed by atoms with Gasteiger partial charge in [-0.05, 0) is 49.5 Å². The Balaban J connectivity index is 1.86. The summed E-state index contributed by atoms with van der Waals surface area (Å²) in [5.74, 6) is 2.22. The van der Waals surface area contributed by atoms with Gasteiger partial charge < -0.3 is 5.32 Å². The van der Waals surface area contributed by atoms with Gasteiger partial charge in [-0.3, -0.25) is 0 Å². The molecule has 3 fully saturated rings. The molecule has 3 atom stereocenters. The van der Waals surface area contributed by atoms with Crippen LogP contribution < -0.4 is 5.32 Å². The zero-order chi connectivity index (χ0) is 8.02. The van der Waals surface area contributed by atoms with Crippen molar-refractivity contribution in [1.82, 2.24) is 5.32 Å². The molecule has 0 radical (unpaired) electrons. The third kappa shape index (κ3) is 0.891. The van der Waals surface area contributed by atoms with Crippen molar-refractivity contribution in [1.29, 1.82) is 0 Å². The maximum absolute atomic E-state index is 3.57. The van der Waals surface area contributed by atoms with Crippen molar-refractivity contribution >= 4 is 0 Å². The van der Waals surface area contributed by atoms with Crippen molar-refractivity contribution in [2.75, 3.05) is 13.1 Å². The molecule has 0 aromatic carbocycles. The van der Waals surface area contributed by atoms with E-state index in [1.54, 1.807) is 12.8 Å². The Bertz CT molecular complexity index is 181. The Morgan fingerprint density at radius 3 is 3.00 bits per heavy atom. The quantitative estimate of drug-likeness (QED) is 0.580. The van der Waals surface area contributed by atoms with Crippen LogP contribution in [0.2, 0.25) is 0 Å². The van der Waals surface area contributed by atoms with E-state index in [1.807, 2.05) is 0 Å². The van der Waals surface area contributed by atoms with Crippen LogP contribution in [0.25, 0.3) is 0 Å². The highest BCUT2D eigenvalue weighted by Gasteiger charge is 2.49. The van der Waals surface area contributed by atoms with Crippen LogP contribution in [0.15, 0.2) is 0 Å². The molecule has 2 aliphatic carbocycles. The van der Waals surface area contributed by atoms with Crippen molar-refractivity contribution in [3.05, 3.63) is 0 Å². The molecule has 2 saturated carbocycles. The first-order valence-electron chi connectivity index (χ1n) is 5.60. The van der Waals surface area contributed by atoms with E-state index in [-0.39, 0.29) is 0 Å². The van der Waals surface area contributed by atoms with Gasteiger partial charge in [0.2, 0.25) is 0 Å². The smallest absolute Gasteiger partial charge is 0.00110 e. The van der Waals surface area contributed by atoms with Gasteiger partial charge in [-0.15, -0.1) is 0 Å². The molecule has 0 aromatic rings. The lowest BCUT2D eigenvalue weighted by Crippen LogP contribution is -2.27. The van der Waals surface area contributed by atoms with Gasteiger partial charge in [0.1, 0.15) is 0 Å². The van der Waals surface area contributed by atoms with Crippen molar-refractivity contribution in [3.8, 4) is 0 Å². The van der Waals surface area contributed by atoms with Crippen molar-refractivity contribution < 1.29 is 0 Å². The molecule has 1 saturated heterocycles. The van der Waals surface area contributed by atoms with E-state index >= 15 is 0 Å². The number of hydrogen-bond acceptors (Lipinski definition) is 1. The van der Waals surface area contributed by atoms with Crippen molar-refractivity contribution in [2.24, 2.45) is 17.3 Å². The van der Waals surface area contributed by atoms with E-state index in [9.17, 15) is 0 Å². The van der Waals surface area contributed by atoms with E-state index in [4.69, 9.17) is 0 Å². The van der Waals surface area contributed by atoms with Crippen LogP contribution in [-0.4, -0.2) is 13.1 Å². The average molecular weight is 165 g/mol. The Kier molecular flexibility index (Phi) is 1.52. The largest absolute Gasteiger partial charge is 0.316 e. The highest BCUT2D eigenvalue weighted by Crippen LogP contribution is 2.56. The van der Waals surface area contributed by atoms with Crippen LogP contribution >= 0.6 is 0 Å². The fourth-order valence-corrected chi connectivity index (χ4v) is 4.06. The van der Waals surface area contributed by atoms with Crippen LogP contribution in [0, 0.1) is 17.3 Å². The molecule has 3 aliphatic rings. The summed E-state index contributed by atoms with van der Waals surface area (Å²) >= 11 is 0. The third-order valence-electron chi connectivity index (χ3n) is 4.62. The second-order valence-electron chi connectivity index (χ2n) is 5.22. The topological polar surface area (TPSA) is 12.0 Å². The number of rotatable bonds is 0. The molecule has 1 N–H and O–H groups in total. The molecular formula is C11H19N. The number of nitrogens with one attached hydrogen (secondary N) is 1. The van der Waals surface area contributed by atoms with Crippen LogP contribution in [0.5, 0.6) is 0 Å². The zero-order valence-electron chi connectivity index (χ0n) is 7.81. The molecule has 1 spiro atoms. The van der Waals surface area contributed by atoms with Crippen LogP contribution in [0.4, 0.5) is 0 Å². The summed E-state index contributed by atoms with van der Waals surface area (Å²) < 4.78 is 0. The monoisotopic (exact) mass is 165 g/mol. The van der Waals surface area contributed by atoms with E-state index in [0.717, 1.165) is 17.3 Å². The molecule has 68 valence electrons. The molecule has 3 unspecified atom stereocenters. The summed E-state index contributed by atoms with van der Waals surface area (Å²) in [6.07, 6.45) is 9.22. The first-order chi connectivity index (χ1) is 5.89. The zero-order valence-corrected chi connectivity index (χ0v) is 7.81. The molecule has 1 aliphatic heterocycles. The highest BCUT2D eigenvalue weighted by atomic mass is 14.9. The lowest BCUT2D eigenvalue weighted by molar-refractivity contribution is 0.215. The van der Waals surface area contributed by atoms with Gasteiger partial charge in [0, 0.05) is 6.54 Å². The van der Waals surface area contributed by atoms with Gasteiger partial charge >= 0.3 is 0 Å². The summed E-state index contributed by atoms with van der Waals surface area (Å²) in [4.78, 5) is 0. The molecular weight excluding hydrogens is 146 g/mol. The summed E-state index contributed by atoms with van der Waals surface area (Å²) in [6, 6.07) is 0. The maximum atomic E-state index is 3.57. The fourth-order valence-electron chi connectivity index (χ4n) is 4.06. The SMILES string of the molecule is C1CC2CC(C1)C1(CCNC1)C2. The summed E-state index contributed by atoms with van der Waals surface area (Å²) in [6.45, 7) is 2.64. The molecule has 12 heavy (non-hydrogen) atoms. The first kappa shape index (κ1) is 7.37. The minimum Gasteiger partial charge on any atom is -0.316 e. The minimum atomic E-state index is 0.779. The first-order valence-corrected chi connectivity index (χ1v) is 5.60. The van der Waals surface area contributed by atoms with E-state index in [0.29, 0.717) is 0 Å². The summed E-state index contributed by atoms with van der Waals surface area (Å²) in [5, 5.41) is 3.57. The summed E-state index contributed by atoms with van der Waals surface area (Å²) in [5.41, 5.74) is 0.779. The number of fused-ring (bicyclic) bond motifs is 3. The van der Waals surface area contributed by atoms with E-state index in [1.165, 1.54) is 38.8 Å². The molecule has 1 nitrogen and oxygen atoms in total. The molecule has 1 heterocycles. The molecule has 1 heteroatoms. The van der Waals surface area contributed by atoms with E-state index < -0.39 is 0 Å². The Labute approximate surface area is 74.9 Å². The third-order valence-corrected chi connectivity index (χ3v) is 4.62. The minimum absolute atomic E-state index is 0.779. The lowest BCUT2D eigenvalue weighted by atomic mass is 9.75. The average Bonchev–Trinajstić information content (AvgIpc) is 2.62. The van der Waals surface area contributed by atoms with Gasteiger partial charge in [-0.25, -0.2) is 0 Å². The number of hydrogen-bond donors (Lipinski definition) is 1.